The zero-order chi connectivity index (χ0) is 14.6. The number of rotatable bonds is 6. The molecule has 1 aromatic carbocycles. The van der Waals surface area contributed by atoms with Crippen molar-refractivity contribution in [3.8, 4) is 0 Å². The van der Waals surface area contributed by atoms with Crippen molar-refractivity contribution in [3.63, 3.8) is 0 Å². The fourth-order valence-electron chi connectivity index (χ4n) is 2.81. The maximum absolute atomic E-state index is 12.1. The van der Waals surface area contributed by atoms with Gasteiger partial charge in [0.1, 0.15) is 0 Å². The van der Waals surface area contributed by atoms with E-state index >= 15 is 0 Å². The number of likely N-dealkylation sites (N-methyl/N-ethyl adjacent to an activating group) is 1. The van der Waals surface area contributed by atoms with Crippen LogP contribution in [0.25, 0.3) is 0 Å². The van der Waals surface area contributed by atoms with E-state index in [0.717, 1.165) is 25.3 Å². The molecule has 0 aliphatic carbocycles. The number of nitrogens with one attached hydrogen (secondary N) is 1. The van der Waals surface area contributed by atoms with E-state index in [1.807, 2.05) is 12.1 Å². The van der Waals surface area contributed by atoms with Gasteiger partial charge in [0.15, 0.2) is 9.84 Å². The maximum atomic E-state index is 12.1. The summed E-state index contributed by atoms with van der Waals surface area (Å²) in [7, 11) is -3.17. The van der Waals surface area contributed by atoms with Crippen LogP contribution in [0.3, 0.4) is 0 Å². The van der Waals surface area contributed by atoms with E-state index in [9.17, 15) is 8.42 Å². The van der Waals surface area contributed by atoms with Crippen LogP contribution in [-0.2, 0) is 9.84 Å². The summed E-state index contributed by atoms with van der Waals surface area (Å²) in [5.41, 5.74) is 0.734. The molecule has 0 bridgehead atoms. The van der Waals surface area contributed by atoms with Gasteiger partial charge in [-0.1, -0.05) is 26.0 Å². The summed E-state index contributed by atoms with van der Waals surface area (Å²) >= 11 is 0. The molecule has 1 N–H and O–H groups in total. The molecule has 112 valence electrons. The summed E-state index contributed by atoms with van der Waals surface area (Å²) in [6, 6.07) is 7.71. The Morgan fingerprint density at radius 1 is 1.30 bits per heavy atom. The Labute approximate surface area is 122 Å². The van der Waals surface area contributed by atoms with E-state index in [-0.39, 0.29) is 5.75 Å². The third-order valence-corrected chi connectivity index (χ3v) is 5.82. The Morgan fingerprint density at radius 2 is 2.05 bits per heavy atom. The lowest BCUT2D eigenvalue weighted by atomic mass is 10.2. The number of para-hydroxylation sites is 1. The zero-order valence-electron chi connectivity index (χ0n) is 12.3. The van der Waals surface area contributed by atoms with Crippen molar-refractivity contribution in [1.82, 2.24) is 4.90 Å². The molecule has 1 aromatic rings. The van der Waals surface area contributed by atoms with Crippen LogP contribution in [0.4, 0.5) is 5.69 Å². The van der Waals surface area contributed by atoms with Crippen LogP contribution in [0, 0.1) is 0 Å². The summed E-state index contributed by atoms with van der Waals surface area (Å²) in [6.45, 7) is 6.87. The van der Waals surface area contributed by atoms with Crippen LogP contribution < -0.4 is 5.32 Å². The van der Waals surface area contributed by atoms with Crippen molar-refractivity contribution >= 4 is 15.5 Å². The molecule has 1 fully saturated rings. The van der Waals surface area contributed by atoms with Crippen LogP contribution in [0.5, 0.6) is 0 Å². The molecule has 1 saturated heterocycles. The number of nitrogens with zero attached hydrogens (tertiary/aromatic N) is 1. The zero-order valence-corrected chi connectivity index (χ0v) is 13.1. The lowest BCUT2D eigenvalue weighted by molar-refractivity contribution is 0.277. The predicted octanol–water partition coefficient (Wildman–Crippen LogP) is 2.38. The Hall–Kier alpha value is -1.07. The lowest BCUT2D eigenvalue weighted by Crippen LogP contribution is -2.34. The molecule has 0 radical (unpaired) electrons. The molecule has 0 aromatic heterocycles. The fourth-order valence-corrected chi connectivity index (χ4v) is 3.88. The number of hydrogen-bond donors (Lipinski definition) is 1. The number of hydrogen-bond acceptors (Lipinski definition) is 4. The van der Waals surface area contributed by atoms with Gasteiger partial charge in [0.2, 0.25) is 0 Å². The molecule has 0 saturated carbocycles. The first-order chi connectivity index (χ1) is 9.58. The standard InChI is InChI=1S/C15H24N2O2S/c1-3-17-11-7-8-13(17)12-16-14-9-5-6-10-15(14)20(18,19)4-2/h5-6,9-10,13,16H,3-4,7-8,11-12H2,1-2H3. The van der Waals surface area contributed by atoms with Crippen LogP contribution in [0.1, 0.15) is 26.7 Å². The highest BCUT2D eigenvalue weighted by Crippen LogP contribution is 2.23. The summed E-state index contributed by atoms with van der Waals surface area (Å²) in [6.07, 6.45) is 2.42. The predicted molar refractivity (Wildman–Crippen MR) is 82.9 cm³/mol. The van der Waals surface area contributed by atoms with E-state index in [1.54, 1.807) is 19.1 Å². The van der Waals surface area contributed by atoms with Crippen LogP contribution in [0.15, 0.2) is 29.2 Å². The van der Waals surface area contributed by atoms with Gasteiger partial charge in [-0.05, 0) is 38.1 Å². The lowest BCUT2D eigenvalue weighted by Gasteiger charge is -2.24. The first-order valence-electron chi connectivity index (χ1n) is 7.38. The average molecular weight is 296 g/mol. The quantitative estimate of drug-likeness (QED) is 0.875. The molecule has 1 aliphatic heterocycles. The van der Waals surface area contributed by atoms with Gasteiger partial charge in [-0.25, -0.2) is 8.42 Å². The first-order valence-corrected chi connectivity index (χ1v) is 9.03. The molecule has 1 unspecified atom stereocenters. The van der Waals surface area contributed by atoms with Gasteiger partial charge in [0.05, 0.1) is 16.3 Å². The molecule has 1 heterocycles. The van der Waals surface area contributed by atoms with Crippen molar-refractivity contribution in [3.05, 3.63) is 24.3 Å². The minimum Gasteiger partial charge on any atom is -0.382 e. The van der Waals surface area contributed by atoms with E-state index < -0.39 is 9.84 Å². The fraction of sp³-hybridized carbons (Fsp3) is 0.600. The summed E-state index contributed by atoms with van der Waals surface area (Å²) in [4.78, 5) is 2.87. The van der Waals surface area contributed by atoms with E-state index in [4.69, 9.17) is 0 Å². The largest absolute Gasteiger partial charge is 0.382 e. The number of sulfone groups is 1. The average Bonchev–Trinajstić information content (AvgIpc) is 2.93. The Balaban J connectivity index is 2.10. The van der Waals surface area contributed by atoms with Crippen molar-refractivity contribution in [2.75, 3.05) is 30.7 Å². The van der Waals surface area contributed by atoms with Gasteiger partial charge in [-0.2, -0.15) is 0 Å². The topological polar surface area (TPSA) is 49.4 Å². The Bertz CT molecular complexity index is 543. The third-order valence-electron chi connectivity index (χ3n) is 4.04. The molecule has 5 heteroatoms. The maximum Gasteiger partial charge on any atom is 0.180 e. The van der Waals surface area contributed by atoms with Crippen molar-refractivity contribution < 1.29 is 8.42 Å². The second-order valence-corrected chi connectivity index (χ2v) is 7.45. The van der Waals surface area contributed by atoms with Gasteiger partial charge in [0.25, 0.3) is 0 Å². The molecule has 1 aliphatic rings. The molecular weight excluding hydrogens is 272 g/mol. The monoisotopic (exact) mass is 296 g/mol. The number of benzene rings is 1. The van der Waals surface area contributed by atoms with Crippen LogP contribution in [-0.4, -0.2) is 44.7 Å². The van der Waals surface area contributed by atoms with Crippen molar-refractivity contribution in [1.29, 1.82) is 0 Å². The second kappa shape index (κ2) is 6.59. The summed E-state index contributed by atoms with van der Waals surface area (Å²) in [5.74, 6) is 0.135. The summed E-state index contributed by atoms with van der Waals surface area (Å²) in [5, 5.41) is 3.34. The van der Waals surface area contributed by atoms with Gasteiger partial charge < -0.3 is 5.32 Å². The van der Waals surface area contributed by atoms with Crippen LogP contribution in [0.2, 0.25) is 0 Å². The third kappa shape index (κ3) is 3.33. The molecule has 0 spiro atoms. The molecule has 0 amide bonds. The molecule has 2 rings (SSSR count). The SMILES string of the molecule is CCN1CCCC1CNc1ccccc1S(=O)(=O)CC. The van der Waals surface area contributed by atoms with Gasteiger partial charge in [-0.15, -0.1) is 0 Å². The molecular formula is C15H24N2O2S. The first kappa shape index (κ1) is 15.3. The van der Waals surface area contributed by atoms with Gasteiger partial charge >= 0.3 is 0 Å². The molecule has 1 atom stereocenters. The highest BCUT2D eigenvalue weighted by molar-refractivity contribution is 7.91. The Kier molecular flexibility index (Phi) is 5.05. The smallest absolute Gasteiger partial charge is 0.180 e. The van der Waals surface area contributed by atoms with E-state index in [0.29, 0.717) is 10.9 Å². The van der Waals surface area contributed by atoms with Gasteiger partial charge in [0, 0.05) is 12.6 Å². The Morgan fingerprint density at radius 3 is 2.75 bits per heavy atom. The molecule has 4 nitrogen and oxygen atoms in total. The highest BCUT2D eigenvalue weighted by Gasteiger charge is 2.23. The number of anilines is 1. The summed E-state index contributed by atoms with van der Waals surface area (Å²) < 4.78 is 24.2. The molecule has 20 heavy (non-hydrogen) atoms. The second-order valence-electron chi connectivity index (χ2n) is 5.21. The van der Waals surface area contributed by atoms with E-state index in [1.165, 1.54) is 12.8 Å². The van der Waals surface area contributed by atoms with Crippen molar-refractivity contribution in [2.24, 2.45) is 0 Å². The van der Waals surface area contributed by atoms with Crippen molar-refractivity contribution in [2.45, 2.75) is 37.6 Å². The highest BCUT2D eigenvalue weighted by atomic mass is 32.2. The normalized spacial score (nSPS) is 20.2. The van der Waals surface area contributed by atoms with E-state index in [2.05, 4.69) is 17.1 Å². The minimum absolute atomic E-state index is 0.135. The van der Waals surface area contributed by atoms with Crippen LogP contribution >= 0.6 is 0 Å². The number of likely N-dealkylation sites (tertiary alicyclic amines) is 1. The minimum atomic E-state index is -3.17. The van der Waals surface area contributed by atoms with Gasteiger partial charge in [-0.3, -0.25) is 4.90 Å².